The Hall–Kier alpha value is -2.20. The molecule has 4 nitrogen and oxygen atoms in total. The molecule has 0 aromatic heterocycles. The summed E-state index contributed by atoms with van der Waals surface area (Å²) in [4.78, 5) is 12.1. The first-order valence-corrected chi connectivity index (χ1v) is 7.69. The number of amides is 1. The number of methoxy groups -OCH3 is 1. The smallest absolute Gasteiger partial charge is 0.258 e. The van der Waals surface area contributed by atoms with Crippen molar-refractivity contribution in [1.82, 2.24) is 5.32 Å². The van der Waals surface area contributed by atoms with Gasteiger partial charge < -0.3 is 14.8 Å². The zero-order valence-electron chi connectivity index (χ0n) is 13.4. The van der Waals surface area contributed by atoms with Crippen molar-refractivity contribution in [2.75, 3.05) is 13.7 Å². The van der Waals surface area contributed by atoms with Crippen LogP contribution in [0.1, 0.15) is 24.1 Å². The van der Waals surface area contributed by atoms with Gasteiger partial charge in [0.25, 0.3) is 5.91 Å². The molecule has 0 bridgehead atoms. The van der Waals surface area contributed by atoms with E-state index in [1.165, 1.54) is 0 Å². The molecule has 1 amide bonds. The van der Waals surface area contributed by atoms with Gasteiger partial charge in [0.15, 0.2) is 6.61 Å². The number of carbonyl (C=O) groups excluding carboxylic acids is 1. The van der Waals surface area contributed by atoms with Crippen molar-refractivity contribution in [2.45, 2.75) is 19.9 Å². The summed E-state index contributed by atoms with van der Waals surface area (Å²) in [5, 5.41) is 3.48. The van der Waals surface area contributed by atoms with Crippen LogP contribution in [0.3, 0.4) is 0 Å². The Kier molecular flexibility index (Phi) is 5.88. The highest BCUT2D eigenvalue weighted by Gasteiger charge is 2.14. The molecule has 0 heterocycles. The molecule has 0 radical (unpaired) electrons. The van der Waals surface area contributed by atoms with Crippen molar-refractivity contribution in [2.24, 2.45) is 0 Å². The van der Waals surface area contributed by atoms with Crippen molar-refractivity contribution < 1.29 is 14.3 Å². The highest BCUT2D eigenvalue weighted by Crippen LogP contribution is 2.26. The molecule has 2 rings (SSSR count). The van der Waals surface area contributed by atoms with Crippen LogP contribution in [0.25, 0.3) is 0 Å². The normalized spacial score (nSPS) is 11.7. The van der Waals surface area contributed by atoms with Crippen molar-refractivity contribution >= 4 is 17.5 Å². The third kappa shape index (κ3) is 4.89. The Morgan fingerprint density at radius 1 is 1.26 bits per heavy atom. The van der Waals surface area contributed by atoms with Crippen LogP contribution in [-0.4, -0.2) is 19.6 Å². The quantitative estimate of drug-likeness (QED) is 0.871. The molecule has 23 heavy (non-hydrogen) atoms. The predicted molar refractivity (Wildman–Crippen MR) is 91.2 cm³/mol. The largest absolute Gasteiger partial charge is 0.496 e. The second-order valence-electron chi connectivity index (χ2n) is 5.28. The maximum atomic E-state index is 12.1. The van der Waals surface area contributed by atoms with E-state index < -0.39 is 0 Å². The van der Waals surface area contributed by atoms with E-state index in [2.05, 4.69) is 5.32 Å². The van der Waals surface area contributed by atoms with Gasteiger partial charge in [0.1, 0.15) is 11.5 Å². The second-order valence-corrected chi connectivity index (χ2v) is 5.72. The molecule has 122 valence electrons. The van der Waals surface area contributed by atoms with Gasteiger partial charge in [-0.1, -0.05) is 35.4 Å². The monoisotopic (exact) mass is 333 g/mol. The maximum Gasteiger partial charge on any atom is 0.258 e. The molecule has 0 saturated carbocycles. The van der Waals surface area contributed by atoms with E-state index in [-0.39, 0.29) is 18.6 Å². The Morgan fingerprint density at radius 2 is 2.04 bits per heavy atom. The first-order valence-electron chi connectivity index (χ1n) is 7.32. The average molecular weight is 334 g/mol. The molecule has 0 aliphatic rings. The minimum absolute atomic E-state index is 0.0706. The zero-order chi connectivity index (χ0) is 16.8. The highest BCUT2D eigenvalue weighted by atomic mass is 35.5. The second kappa shape index (κ2) is 7.88. The molecule has 1 N–H and O–H groups in total. The van der Waals surface area contributed by atoms with Gasteiger partial charge in [0.05, 0.1) is 13.2 Å². The summed E-state index contributed by atoms with van der Waals surface area (Å²) in [6.45, 7) is 3.84. The number of benzene rings is 2. The third-order valence-electron chi connectivity index (χ3n) is 3.40. The minimum atomic E-state index is -0.207. The maximum absolute atomic E-state index is 12.1. The number of rotatable bonds is 6. The SMILES string of the molecule is COc1ccc(C)cc1[C@@H](C)NC(=O)COc1cccc(Cl)c1. The fourth-order valence-corrected chi connectivity index (χ4v) is 2.44. The molecular formula is C18H20ClNO3. The molecule has 0 unspecified atom stereocenters. The van der Waals surface area contributed by atoms with Gasteiger partial charge in [-0.25, -0.2) is 0 Å². The fourth-order valence-electron chi connectivity index (χ4n) is 2.26. The minimum Gasteiger partial charge on any atom is -0.496 e. The molecule has 0 aliphatic carbocycles. The molecule has 5 heteroatoms. The van der Waals surface area contributed by atoms with Crippen molar-refractivity contribution in [3.05, 3.63) is 58.6 Å². The van der Waals surface area contributed by atoms with E-state index in [1.807, 2.05) is 32.0 Å². The first-order chi connectivity index (χ1) is 11.0. The van der Waals surface area contributed by atoms with Gasteiger partial charge in [-0.2, -0.15) is 0 Å². The van der Waals surface area contributed by atoms with Crippen molar-refractivity contribution in [3.8, 4) is 11.5 Å². The van der Waals surface area contributed by atoms with Crippen molar-refractivity contribution in [3.63, 3.8) is 0 Å². The summed E-state index contributed by atoms with van der Waals surface area (Å²) in [6.07, 6.45) is 0. The van der Waals surface area contributed by atoms with Crippen LogP contribution in [-0.2, 0) is 4.79 Å². The molecular weight excluding hydrogens is 314 g/mol. The molecule has 0 saturated heterocycles. The third-order valence-corrected chi connectivity index (χ3v) is 3.63. The van der Waals surface area contributed by atoms with Crippen LogP contribution < -0.4 is 14.8 Å². The van der Waals surface area contributed by atoms with Gasteiger partial charge in [0, 0.05) is 10.6 Å². The molecule has 1 atom stereocenters. The molecule has 2 aromatic rings. The lowest BCUT2D eigenvalue weighted by Gasteiger charge is -2.18. The number of carbonyl (C=O) groups is 1. The van der Waals surface area contributed by atoms with E-state index in [0.717, 1.165) is 16.9 Å². The highest BCUT2D eigenvalue weighted by molar-refractivity contribution is 6.30. The molecule has 0 aliphatic heterocycles. The first kappa shape index (κ1) is 17.2. The Balaban J connectivity index is 1.96. The number of aryl methyl sites for hydroxylation is 1. The van der Waals surface area contributed by atoms with Gasteiger partial charge in [-0.15, -0.1) is 0 Å². The summed E-state index contributed by atoms with van der Waals surface area (Å²) in [6, 6.07) is 12.6. The topological polar surface area (TPSA) is 47.6 Å². The zero-order valence-corrected chi connectivity index (χ0v) is 14.2. The van der Waals surface area contributed by atoms with Crippen LogP contribution in [0.15, 0.2) is 42.5 Å². The van der Waals surface area contributed by atoms with E-state index in [4.69, 9.17) is 21.1 Å². The van der Waals surface area contributed by atoms with Crippen LogP contribution in [0.2, 0.25) is 5.02 Å². The average Bonchev–Trinajstić information content (AvgIpc) is 2.53. The summed E-state index contributed by atoms with van der Waals surface area (Å²) >= 11 is 5.88. The number of hydrogen-bond donors (Lipinski definition) is 1. The standard InChI is InChI=1S/C18H20ClNO3/c1-12-7-8-17(22-3)16(9-12)13(2)20-18(21)11-23-15-6-4-5-14(19)10-15/h4-10,13H,11H2,1-3H3,(H,20,21)/t13-/m1/s1. The number of halogens is 1. The molecule has 2 aromatic carbocycles. The van der Waals surface area contributed by atoms with Crippen LogP contribution in [0.5, 0.6) is 11.5 Å². The van der Waals surface area contributed by atoms with Gasteiger partial charge in [0.2, 0.25) is 0 Å². The predicted octanol–water partition coefficient (Wildman–Crippen LogP) is 3.91. The van der Waals surface area contributed by atoms with E-state index in [1.54, 1.807) is 31.4 Å². The van der Waals surface area contributed by atoms with E-state index in [0.29, 0.717) is 10.8 Å². The van der Waals surface area contributed by atoms with Gasteiger partial charge in [-0.3, -0.25) is 4.79 Å². The van der Waals surface area contributed by atoms with E-state index >= 15 is 0 Å². The summed E-state index contributed by atoms with van der Waals surface area (Å²) in [7, 11) is 1.62. The number of nitrogens with one attached hydrogen (secondary N) is 1. The summed E-state index contributed by atoms with van der Waals surface area (Å²) < 4.78 is 10.8. The number of ether oxygens (including phenoxy) is 2. The van der Waals surface area contributed by atoms with Crippen LogP contribution in [0.4, 0.5) is 0 Å². The van der Waals surface area contributed by atoms with Crippen molar-refractivity contribution in [1.29, 1.82) is 0 Å². The van der Waals surface area contributed by atoms with Gasteiger partial charge >= 0.3 is 0 Å². The summed E-state index contributed by atoms with van der Waals surface area (Å²) in [5.74, 6) is 1.11. The van der Waals surface area contributed by atoms with Gasteiger partial charge in [-0.05, 0) is 38.1 Å². The molecule has 0 fully saturated rings. The molecule has 0 spiro atoms. The van der Waals surface area contributed by atoms with Crippen LogP contribution in [0, 0.1) is 6.92 Å². The lowest BCUT2D eigenvalue weighted by Crippen LogP contribution is -2.31. The lowest BCUT2D eigenvalue weighted by atomic mass is 10.0. The van der Waals surface area contributed by atoms with Crippen LogP contribution >= 0.6 is 11.6 Å². The van der Waals surface area contributed by atoms with E-state index in [9.17, 15) is 4.79 Å². The Labute approximate surface area is 141 Å². The summed E-state index contributed by atoms with van der Waals surface area (Å²) in [5.41, 5.74) is 2.04. The Bertz CT molecular complexity index is 688. The number of hydrogen-bond acceptors (Lipinski definition) is 3. The lowest BCUT2D eigenvalue weighted by molar-refractivity contribution is -0.123. The Morgan fingerprint density at radius 3 is 2.74 bits per heavy atom. The fraction of sp³-hybridized carbons (Fsp3) is 0.278.